The summed E-state index contributed by atoms with van der Waals surface area (Å²) in [6.07, 6.45) is 1.57. The highest BCUT2D eigenvalue weighted by molar-refractivity contribution is 7.99. The lowest BCUT2D eigenvalue weighted by atomic mass is 10.2. The zero-order valence-electron chi connectivity index (χ0n) is 16.3. The predicted molar refractivity (Wildman–Crippen MR) is 110 cm³/mol. The van der Waals surface area contributed by atoms with Crippen molar-refractivity contribution >= 4 is 29.0 Å². The van der Waals surface area contributed by atoms with Crippen LogP contribution in [0.25, 0.3) is 11.6 Å². The van der Waals surface area contributed by atoms with Crippen LogP contribution in [0.5, 0.6) is 0 Å². The number of aromatic nitrogens is 3. The molecule has 0 radical (unpaired) electrons. The van der Waals surface area contributed by atoms with Crippen LogP contribution in [0.15, 0.2) is 46.2 Å². The molecular formula is C19H21N5O4S. The first-order valence-corrected chi connectivity index (χ1v) is 9.98. The van der Waals surface area contributed by atoms with Crippen molar-refractivity contribution in [2.75, 3.05) is 11.1 Å². The summed E-state index contributed by atoms with van der Waals surface area (Å²) in [5.74, 6) is 1.22. The first-order valence-electron chi connectivity index (χ1n) is 9.00. The Labute approximate surface area is 171 Å². The number of nitro groups is 1. The van der Waals surface area contributed by atoms with Gasteiger partial charge in [-0.15, -0.1) is 10.2 Å². The van der Waals surface area contributed by atoms with Gasteiger partial charge < -0.3 is 9.73 Å². The molecule has 0 aliphatic carbocycles. The van der Waals surface area contributed by atoms with E-state index in [9.17, 15) is 14.9 Å². The molecule has 3 aromatic rings. The van der Waals surface area contributed by atoms with Crippen molar-refractivity contribution in [3.8, 4) is 11.6 Å². The van der Waals surface area contributed by atoms with Crippen molar-refractivity contribution in [1.82, 2.24) is 14.8 Å². The van der Waals surface area contributed by atoms with Crippen molar-refractivity contribution in [3.63, 3.8) is 0 Å². The van der Waals surface area contributed by atoms with Crippen LogP contribution < -0.4 is 5.32 Å². The fourth-order valence-electron chi connectivity index (χ4n) is 2.73. The maximum absolute atomic E-state index is 12.4. The molecule has 0 saturated heterocycles. The summed E-state index contributed by atoms with van der Waals surface area (Å²) in [5.41, 5.74) is 0.786. The minimum absolute atomic E-state index is 0.0411. The van der Waals surface area contributed by atoms with Gasteiger partial charge in [-0.3, -0.25) is 19.5 Å². The van der Waals surface area contributed by atoms with E-state index in [1.54, 1.807) is 31.4 Å². The number of hydrogen-bond acceptors (Lipinski definition) is 7. The smallest absolute Gasteiger partial charge is 0.293 e. The number of nitrogens with one attached hydrogen (secondary N) is 1. The second-order valence-electron chi connectivity index (χ2n) is 6.90. The zero-order valence-corrected chi connectivity index (χ0v) is 17.1. The van der Waals surface area contributed by atoms with Crippen LogP contribution in [0, 0.1) is 23.0 Å². The van der Waals surface area contributed by atoms with Crippen molar-refractivity contribution in [2.45, 2.75) is 32.5 Å². The normalized spacial score (nSPS) is 11.0. The van der Waals surface area contributed by atoms with Crippen LogP contribution in [0.3, 0.4) is 0 Å². The number of nitrogens with zero attached hydrogens (tertiary/aromatic N) is 4. The molecule has 9 nitrogen and oxygen atoms in total. The first kappa shape index (κ1) is 20.6. The summed E-state index contributed by atoms with van der Waals surface area (Å²) in [5, 5.41) is 22.8. The second kappa shape index (κ2) is 8.91. The highest BCUT2D eigenvalue weighted by Crippen LogP contribution is 2.27. The highest BCUT2D eigenvalue weighted by Gasteiger charge is 2.20. The molecule has 1 aromatic carbocycles. The average Bonchev–Trinajstić information content (AvgIpc) is 3.31. The van der Waals surface area contributed by atoms with Crippen LogP contribution in [-0.4, -0.2) is 31.3 Å². The van der Waals surface area contributed by atoms with Gasteiger partial charge in [0.2, 0.25) is 5.91 Å². The van der Waals surface area contributed by atoms with E-state index in [4.69, 9.17) is 4.42 Å². The number of anilines is 1. The monoisotopic (exact) mass is 415 g/mol. The van der Waals surface area contributed by atoms with E-state index in [0.29, 0.717) is 29.2 Å². The molecular weight excluding hydrogens is 394 g/mol. The van der Waals surface area contributed by atoms with Gasteiger partial charge in [0.25, 0.3) is 5.69 Å². The third kappa shape index (κ3) is 5.02. The first-order chi connectivity index (χ1) is 13.8. The number of hydrogen-bond donors (Lipinski definition) is 1. The number of amides is 1. The Morgan fingerprint density at radius 1 is 1.34 bits per heavy atom. The molecule has 0 bridgehead atoms. The Bertz CT molecular complexity index is 1010. The molecule has 29 heavy (non-hydrogen) atoms. The van der Waals surface area contributed by atoms with E-state index in [0.717, 1.165) is 5.56 Å². The molecule has 0 atom stereocenters. The molecule has 0 spiro atoms. The topological polar surface area (TPSA) is 116 Å². The van der Waals surface area contributed by atoms with Crippen LogP contribution in [0.1, 0.15) is 19.4 Å². The van der Waals surface area contributed by atoms with Crippen LogP contribution in [0.2, 0.25) is 0 Å². The lowest BCUT2D eigenvalue weighted by Gasteiger charge is -2.11. The van der Waals surface area contributed by atoms with Crippen molar-refractivity contribution in [1.29, 1.82) is 0 Å². The molecule has 0 aliphatic rings. The number of benzene rings is 1. The molecule has 10 heteroatoms. The number of carbonyl (C=O) groups excluding carboxylic acids is 1. The minimum atomic E-state index is -0.509. The fraction of sp³-hybridized carbons (Fsp3) is 0.316. The van der Waals surface area contributed by atoms with Crippen LogP contribution in [-0.2, 0) is 11.3 Å². The number of furan rings is 1. The van der Waals surface area contributed by atoms with Gasteiger partial charge in [0.15, 0.2) is 16.7 Å². The molecule has 1 amide bonds. The SMILES string of the molecule is Cc1ccc(NC(=O)CSc2nnc(-c3ccco3)n2CC(C)C)c([N+](=O)[O-])c1. The van der Waals surface area contributed by atoms with Gasteiger partial charge in [0, 0.05) is 12.6 Å². The molecule has 0 fully saturated rings. The van der Waals surface area contributed by atoms with Gasteiger partial charge in [-0.25, -0.2) is 0 Å². The second-order valence-corrected chi connectivity index (χ2v) is 7.84. The summed E-state index contributed by atoms with van der Waals surface area (Å²) in [6.45, 7) is 6.57. The van der Waals surface area contributed by atoms with E-state index >= 15 is 0 Å². The van der Waals surface area contributed by atoms with E-state index in [-0.39, 0.29) is 23.0 Å². The summed E-state index contributed by atoms with van der Waals surface area (Å²) in [6, 6.07) is 8.26. The van der Waals surface area contributed by atoms with E-state index in [2.05, 4.69) is 29.4 Å². The van der Waals surface area contributed by atoms with E-state index < -0.39 is 4.92 Å². The van der Waals surface area contributed by atoms with Gasteiger partial charge in [0.05, 0.1) is 16.9 Å². The molecule has 2 heterocycles. The molecule has 0 saturated carbocycles. The average molecular weight is 415 g/mol. The number of thioether (sulfide) groups is 1. The van der Waals surface area contributed by atoms with Gasteiger partial charge in [-0.2, -0.15) is 0 Å². The van der Waals surface area contributed by atoms with Crippen molar-refractivity contribution in [3.05, 3.63) is 52.3 Å². The van der Waals surface area contributed by atoms with E-state index in [1.165, 1.54) is 23.9 Å². The Hall–Kier alpha value is -3.14. The third-order valence-corrected chi connectivity index (χ3v) is 4.93. The Morgan fingerprint density at radius 3 is 2.79 bits per heavy atom. The summed E-state index contributed by atoms with van der Waals surface area (Å²) >= 11 is 1.22. The molecule has 0 unspecified atom stereocenters. The standard InChI is InChI=1S/C19H21N5O4S/c1-12(2)10-23-18(16-5-4-8-28-16)21-22-19(23)29-11-17(25)20-14-7-6-13(3)9-15(14)24(26)27/h4-9,12H,10-11H2,1-3H3,(H,20,25). The molecule has 0 aliphatic heterocycles. The summed E-state index contributed by atoms with van der Waals surface area (Å²) < 4.78 is 7.34. The summed E-state index contributed by atoms with van der Waals surface area (Å²) in [4.78, 5) is 23.1. The molecule has 152 valence electrons. The van der Waals surface area contributed by atoms with Crippen molar-refractivity contribution < 1.29 is 14.1 Å². The van der Waals surface area contributed by atoms with E-state index in [1.807, 2.05) is 4.57 Å². The Balaban J connectivity index is 1.73. The number of aryl methyl sites for hydroxylation is 1. The molecule has 2 aromatic heterocycles. The van der Waals surface area contributed by atoms with Gasteiger partial charge in [-0.1, -0.05) is 31.7 Å². The Morgan fingerprint density at radius 2 is 2.14 bits per heavy atom. The zero-order chi connectivity index (χ0) is 21.0. The predicted octanol–water partition coefficient (Wildman–Crippen LogP) is 4.14. The maximum Gasteiger partial charge on any atom is 0.293 e. The number of carbonyl (C=O) groups is 1. The van der Waals surface area contributed by atoms with Crippen LogP contribution in [0.4, 0.5) is 11.4 Å². The highest BCUT2D eigenvalue weighted by atomic mass is 32.2. The fourth-order valence-corrected chi connectivity index (χ4v) is 3.48. The van der Waals surface area contributed by atoms with Gasteiger partial charge in [0.1, 0.15) is 5.69 Å². The summed E-state index contributed by atoms with van der Waals surface area (Å²) in [7, 11) is 0. The number of rotatable bonds is 8. The largest absolute Gasteiger partial charge is 0.461 e. The number of nitro benzene ring substituents is 1. The molecule has 1 N–H and O–H groups in total. The Kier molecular flexibility index (Phi) is 6.32. The maximum atomic E-state index is 12.4. The van der Waals surface area contributed by atoms with Crippen LogP contribution >= 0.6 is 11.8 Å². The molecule has 3 rings (SSSR count). The lowest BCUT2D eigenvalue weighted by Crippen LogP contribution is -2.16. The van der Waals surface area contributed by atoms with Gasteiger partial charge in [-0.05, 0) is 36.6 Å². The lowest BCUT2D eigenvalue weighted by molar-refractivity contribution is -0.384. The quantitative estimate of drug-likeness (QED) is 0.334. The van der Waals surface area contributed by atoms with Crippen molar-refractivity contribution in [2.24, 2.45) is 5.92 Å². The third-order valence-electron chi connectivity index (χ3n) is 3.96. The van der Waals surface area contributed by atoms with Gasteiger partial charge >= 0.3 is 0 Å². The minimum Gasteiger partial charge on any atom is -0.461 e.